The molecule has 3 fully saturated rings. The Bertz CT molecular complexity index is 350. The molecule has 0 N–H and O–H groups in total. The Kier molecular flexibility index (Phi) is 3.11. The molecule has 0 aromatic carbocycles. The van der Waals surface area contributed by atoms with Gasteiger partial charge in [0, 0.05) is 5.82 Å². The van der Waals surface area contributed by atoms with Gasteiger partial charge in [0.05, 0.1) is 11.2 Å². The van der Waals surface area contributed by atoms with Gasteiger partial charge in [-0.3, -0.25) is 0 Å². The maximum Gasteiger partial charge on any atom is 0.461 e. The molecule has 2 aliphatic carbocycles. The molecule has 19 heavy (non-hydrogen) atoms. The van der Waals surface area contributed by atoms with Gasteiger partial charge in [-0.1, -0.05) is 26.2 Å². The molecule has 2 nitrogen and oxygen atoms in total. The van der Waals surface area contributed by atoms with Gasteiger partial charge in [0.15, 0.2) is 0 Å². The van der Waals surface area contributed by atoms with E-state index in [1.54, 1.807) is 0 Å². The maximum atomic E-state index is 6.26. The Balaban J connectivity index is 1.67. The Morgan fingerprint density at radius 1 is 1.05 bits per heavy atom. The van der Waals surface area contributed by atoms with Crippen molar-refractivity contribution in [2.45, 2.75) is 90.2 Å². The third-order valence-electron chi connectivity index (χ3n) is 6.41. The van der Waals surface area contributed by atoms with Gasteiger partial charge in [0.2, 0.25) is 0 Å². The largest absolute Gasteiger partial charge is 0.461 e. The van der Waals surface area contributed by atoms with E-state index >= 15 is 0 Å². The molecule has 3 unspecified atom stereocenters. The van der Waals surface area contributed by atoms with Gasteiger partial charge in [0.25, 0.3) is 0 Å². The molecule has 0 bridgehead atoms. The average molecular weight is 264 g/mol. The van der Waals surface area contributed by atoms with Crippen LogP contribution in [0.2, 0.25) is 5.82 Å². The fraction of sp³-hybridized carbons (Fsp3) is 1.00. The van der Waals surface area contributed by atoms with Crippen LogP contribution in [0.15, 0.2) is 0 Å². The SMILES string of the molecule is CCC1CCCC2(C1)CC2B1OC(C)(C)C(C)(C)O1. The predicted octanol–water partition coefficient (Wildman–Crippen LogP) is 4.44. The van der Waals surface area contributed by atoms with Crippen LogP contribution in [0.5, 0.6) is 0 Å². The van der Waals surface area contributed by atoms with Gasteiger partial charge < -0.3 is 9.31 Å². The van der Waals surface area contributed by atoms with E-state index in [0.29, 0.717) is 11.2 Å². The summed E-state index contributed by atoms with van der Waals surface area (Å²) in [6.07, 6.45) is 8.34. The van der Waals surface area contributed by atoms with Gasteiger partial charge in [-0.25, -0.2) is 0 Å². The normalized spacial score (nSPS) is 43.7. The summed E-state index contributed by atoms with van der Waals surface area (Å²) in [6, 6.07) is 0. The van der Waals surface area contributed by atoms with Gasteiger partial charge >= 0.3 is 7.12 Å². The highest BCUT2D eigenvalue weighted by atomic mass is 16.7. The molecule has 1 saturated heterocycles. The lowest BCUT2D eigenvalue weighted by atomic mass is 9.69. The van der Waals surface area contributed by atoms with Crippen LogP contribution in [0.1, 0.15) is 73.1 Å². The Hall–Kier alpha value is -0.0151. The minimum Gasteiger partial charge on any atom is -0.403 e. The second-order valence-electron chi connectivity index (χ2n) is 8.17. The first-order chi connectivity index (χ1) is 8.80. The maximum absolute atomic E-state index is 6.26. The van der Waals surface area contributed by atoms with Crippen LogP contribution in [-0.4, -0.2) is 18.3 Å². The highest BCUT2D eigenvalue weighted by molar-refractivity contribution is 6.49. The molecule has 3 heteroatoms. The monoisotopic (exact) mass is 264 g/mol. The van der Waals surface area contributed by atoms with Crippen molar-refractivity contribution in [3.8, 4) is 0 Å². The summed E-state index contributed by atoms with van der Waals surface area (Å²) in [5, 5.41) is 0. The average Bonchev–Trinajstić information content (AvgIpc) is 2.94. The zero-order valence-electron chi connectivity index (χ0n) is 13.3. The minimum atomic E-state index is -0.166. The van der Waals surface area contributed by atoms with Gasteiger partial charge in [-0.15, -0.1) is 0 Å². The van der Waals surface area contributed by atoms with Crippen molar-refractivity contribution < 1.29 is 9.31 Å². The standard InChI is InChI=1S/C16H29BO2/c1-6-12-8-7-9-16(10-12)11-13(16)17-18-14(2,3)15(4,5)19-17/h12-13H,6-11H2,1-5H3. The van der Waals surface area contributed by atoms with Gasteiger partial charge in [0.1, 0.15) is 0 Å². The number of hydrogen-bond donors (Lipinski definition) is 0. The smallest absolute Gasteiger partial charge is 0.403 e. The van der Waals surface area contributed by atoms with Crippen molar-refractivity contribution in [1.29, 1.82) is 0 Å². The minimum absolute atomic E-state index is 0.0422. The zero-order valence-corrected chi connectivity index (χ0v) is 13.3. The fourth-order valence-electron chi connectivity index (χ4n) is 4.21. The zero-order chi connectivity index (χ0) is 13.9. The third-order valence-corrected chi connectivity index (χ3v) is 6.41. The van der Waals surface area contributed by atoms with E-state index in [1.165, 1.54) is 38.5 Å². The van der Waals surface area contributed by atoms with Crippen LogP contribution in [0, 0.1) is 11.3 Å². The van der Waals surface area contributed by atoms with Crippen LogP contribution in [0.25, 0.3) is 0 Å². The van der Waals surface area contributed by atoms with Crippen molar-refractivity contribution >= 4 is 7.12 Å². The lowest BCUT2D eigenvalue weighted by Crippen LogP contribution is -2.41. The van der Waals surface area contributed by atoms with Crippen LogP contribution in [0.4, 0.5) is 0 Å². The fourth-order valence-corrected chi connectivity index (χ4v) is 4.21. The van der Waals surface area contributed by atoms with E-state index in [0.717, 1.165) is 5.92 Å². The van der Waals surface area contributed by atoms with Crippen molar-refractivity contribution in [2.24, 2.45) is 11.3 Å². The van der Waals surface area contributed by atoms with E-state index in [1.807, 2.05) is 0 Å². The molecule has 3 atom stereocenters. The molecule has 1 heterocycles. The van der Waals surface area contributed by atoms with Gasteiger partial charge in [-0.05, 0) is 58.3 Å². The molecule has 2 saturated carbocycles. The van der Waals surface area contributed by atoms with Crippen molar-refractivity contribution in [2.75, 3.05) is 0 Å². The Labute approximate surface area is 118 Å². The predicted molar refractivity (Wildman–Crippen MR) is 79.1 cm³/mol. The molecule has 0 radical (unpaired) electrons. The molecule has 0 amide bonds. The van der Waals surface area contributed by atoms with E-state index in [4.69, 9.17) is 9.31 Å². The molecule has 0 aromatic heterocycles. The topological polar surface area (TPSA) is 18.5 Å². The van der Waals surface area contributed by atoms with Crippen LogP contribution in [-0.2, 0) is 9.31 Å². The van der Waals surface area contributed by atoms with E-state index in [-0.39, 0.29) is 18.3 Å². The molecule has 3 aliphatic rings. The summed E-state index contributed by atoms with van der Waals surface area (Å²) in [7, 11) is 0.0422. The lowest BCUT2D eigenvalue weighted by molar-refractivity contribution is 0.00578. The summed E-state index contributed by atoms with van der Waals surface area (Å²) in [5.74, 6) is 1.60. The second-order valence-corrected chi connectivity index (χ2v) is 8.17. The Morgan fingerprint density at radius 2 is 1.68 bits per heavy atom. The lowest BCUT2D eigenvalue weighted by Gasteiger charge is -2.32. The second kappa shape index (κ2) is 4.24. The van der Waals surface area contributed by atoms with Crippen LogP contribution >= 0.6 is 0 Å². The summed E-state index contributed by atoms with van der Waals surface area (Å²) in [5.41, 5.74) is 0.237. The van der Waals surface area contributed by atoms with E-state index in [9.17, 15) is 0 Å². The summed E-state index contributed by atoms with van der Waals surface area (Å²) < 4.78 is 12.5. The summed E-state index contributed by atoms with van der Waals surface area (Å²) in [6.45, 7) is 11.0. The number of rotatable bonds is 2. The molecule has 3 rings (SSSR count). The quantitative estimate of drug-likeness (QED) is 0.686. The summed E-state index contributed by atoms with van der Waals surface area (Å²) in [4.78, 5) is 0. The molecular formula is C16H29BO2. The summed E-state index contributed by atoms with van der Waals surface area (Å²) >= 11 is 0. The van der Waals surface area contributed by atoms with E-state index < -0.39 is 0 Å². The molecule has 108 valence electrons. The van der Waals surface area contributed by atoms with Crippen molar-refractivity contribution in [3.05, 3.63) is 0 Å². The van der Waals surface area contributed by atoms with Crippen LogP contribution < -0.4 is 0 Å². The third kappa shape index (κ3) is 2.17. The van der Waals surface area contributed by atoms with Gasteiger partial charge in [-0.2, -0.15) is 0 Å². The highest BCUT2D eigenvalue weighted by Crippen LogP contribution is 2.69. The molecule has 1 aliphatic heterocycles. The number of hydrogen-bond acceptors (Lipinski definition) is 2. The van der Waals surface area contributed by atoms with Crippen LogP contribution in [0.3, 0.4) is 0 Å². The molecule has 0 aromatic rings. The van der Waals surface area contributed by atoms with Crippen molar-refractivity contribution in [1.82, 2.24) is 0 Å². The highest BCUT2D eigenvalue weighted by Gasteiger charge is 2.66. The Morgan fingerprint density at radius 3 is 2.26 bits per heavy atom. The van der Waals surface area contributed by atoms with Crippen molar-refractivity contribution in [3.63, 3.8) is 0 Å². The first-order valence-electron chi connectivity index (χ1n) is 8.15. The first-order valence-corrected chi connectivity index (χ1v) is 8.15. The molecular weight excluding hydrogens is 235 g/mol. The first kappa shape index (κ1) is 13.9. The molecule has 1 spiro atoms. The van der Waals surface area contributed by atoms with E-state index in [2.05, 4.69) is 34.6 Å².